The number of thiazole rings is 1. The fourth-order valence-corrected chi connectivity index (χ4v) is 5.24. The molecule has 1 aromatic carbocycles. The maximum absolute atomic E-state index is 13.9. The van der Waals surface area contributed by atoms with Crippen LogP contribution in [0.2, 0.25) is 5.02 Å². The van der Waals surface area contributed by atoms with E-state index < -0.39 is 29.3 Å². The largest absolute Gasteiger partial charge is 0.503 e. The number of nitrogens with zero attached hydrogens (tertiary/aromatic N) is 3. The third-order valence-electron chi connectivity index (χ3n) is 4.79. The van der Waals surface area contributed by atoms with Crippen LogP contribution in [-0.4, -0.2) is 26.8 Å². The summed E-state index contributed by atoms with van der Waals surface area (Å²) in [5, 5.41) is 12.5. The quantitative estimate of drug-likeness (QED) is 0.407. The first-order valence-corrected chi connectivity index (χ1v) is 11.0. The van der Waals surface area contributed by atoms with Crippen molar-refractivity contribution in [2.24, 2.45) is 0 Å². The number of benzene rings is 1. The highest BCUT2D eigenvalue weighted by atomic mass is 35.5. The monoisotopic (exact) mass is 471 g/mol. The van der Waals surface area contributed by atoms with Crippen molar-refractivity contribution in [2.45, 2.75) is 6.04 Å². The summed E-state index contributed by atoms with van der Waals surface area (Å²) in [6.07, 6.45) is 1.54. The van der Waals surface area contributed by atoms with Gasteiger partial charge in [0.2, 0.25) is 5.78 Å². The van der Waals surface area contributed by atoms with E-state index in [0.717, 1.165) is 11.3 Å². The summed E-state index contributed by atoms with van der Waals surface area (Å²) in [6, 6.07) is 10.1. The molecule has 3 aromatic heterocycles. The third-order valence-corrected chi connectivity index (χ3v) is 6.97. The van der Waals surface area contributed by atoms with Crippen molar-refractivity contribution in [3.63, 3.8) is 0 Å². The first kappa shape index (κ1) is 19.8. The molecule has 0 aliphatic carbocycles. The SMILES string of the molecule is O=C(C1=C(O)C(=O)N(c2nc3cc(Cl)c(F)cc3s2)C1c1ccccn1)c1cccs1. The Morgan fingerprint density at radius 2 is 2.06 bits per heavy atom. The molecule has 1 aliphatic rings. The number of carbonyl (C=O) groups is 2. The van der Waals surface area contributed by atoms with Crippen molar-refractivity contribution < 1.29 is 19.1 Å². The number of aliphatic hydroxyl groups excluding tert-OH is 1. The van der Waals surface area contributed by atoms with Crippen LogP contribution in [0, 0.1) is 5.82 Å². The number of halogens is 2. The van der Waals surface area contributed by atoms with Gasteiger partial charge in [0.05, 0.1) is 31.4 Å². The van der Waals surface area contributed by atoms with Crippen molar-refractivity contribution in [1.82, 2.24) is 9.97 Å². The molecule has 1 atom stereocenters. The lowest BCUT2D eigenvalue weighted by molar-refractivity contribution is -0.117. The van der Waals surface area contributed by atoms with Gasteiger partial charge in [0.15, 0.2) is 10.9 Å². The summed E-state index contributed by atoms with van der Waals surface area (Å²) < 4.78 is 14.4. The molecule has 4 aromatic rings. The zero-order valence-corrected chi connectivity index (χ0v) is 17.8. The molecule has 0 fully saturated rings. The molecule has 1 unspecified atom stereocenters. The number of pyridine rings is 1. The van der Waals surface area contributed by atoms with Gasteiger partial charge in [-0.25, -0.2) is 9.37 Å². The fraction of sp³-hybridized carbons (Fsp3) is 0.0476. The van der Waals surface area contributed by atoms with E-state index in [1.807, 2.05) is 0 Å². The molecular weight excluding hydrogens is 461 g/mol. The number of carbonyl (C=O) groups excluding carboxylic acids is 2. The van der Waals surface area contributed by atoms with Crippen molar-refractivity contribution in [1.29, 1.82) is 0 Å². The van der Waals surface area contributed by atoms with Crippen LogP contribution < -0.4 is 4.90 Å². The third kappa shape index (κ3) is 3.21. The van der Waals surface area contributed by atoms with E-state index in [2.05, 4.69) is 9.97 Å². The van der Waals surface area contributed by atoms with Gasteiger partial charge in [0.25, 0.3) is 5.91 Å². The molecule has 31 heavy (non-hydrogen) atoms. The Kier molecular flexibility index (Phi) is 4.81. The maximum atomic E-state index is 13.9. The van der Waals surface area contributed by atoms with Crippen LogP contribution >= 0.6 is 34.3 Å². The van der Waals surface area contributed by atoms with E-state index >= 15 is 0 Å². The molecule has 0 saturated heterocycles. The van der Waals surface area contributed by atoms with Gasteiger partial charge in [-0.2, -0.15) is 0 Å². The predicted octanol–water partition coefficient (Wildman–Crippen LogP) is 5.33. The van der Waals surface area contributed by atoms with Gasteiger partial charge >= 0.3 is 0 Å². The lowest BCUT2D eigenvalue weighted by Crippen LogP contribution is -2.31. The standard InChI is InChI=1S/C21H11ClFN3O3S2/c22-10-8-13-15(9-11(10)23)31-21(25-13)26-17(12-4-1-2-6-24-12)16(19(28)20(26)29)18(27)14-5-3-7-30-14/h1-9,17,28H. The topological polar surface area (TPSA) is 83.4 Å². The smallest absolute Gasteiger partial charge is 0.296 e. The normalized spacial score (nSPS) is 16.5. The van der Waals surface area contributed by atoms with Crippen molar-refractivity contribution in [2.75, 3.05) is 4.90 Å². The number of fused-ring (bicyclic) bond motifs is 1. The zero-order valence-electron chi connectivity index (χ0n) is 15.5. The Labute approximate surface area is 187 Å². The van der Waals surface area contributed by atoms with Crippen LogP contribution in [0.4, 0.5) is 9.52 Å². The molecule has 10 heteroatoms. The minimum Gasteiger partial charge on any atom is -0.503 e. The Balaban J connectivity index is 1.68. The van der Waals surface area contributed by atoms with Gasteiger partial charge in [-0.15, -0.1) is 11.3 Å². The number of hydrogen-bond donors (Lipinski definition) is 1. The molecule has 0 bridgehead atoms. The van der Waals surface area contributed by atoms with Gasteiger partial charge in [-0.05, 0) is 35.7 Å². The Morgan fingerprint density at radius 1 is 1.23 bits per heavy atom. The number of aromatic nitrogens is 2. The van der Waals surface area contributed by atoms with E-state index in [1.54, 1.807) is 35.7 Å². The van der Waals surface area contributed by atoms with Crippen molar-refractivity contribution >= 4 is 61.3 Å². The zero-order chi connectivity index (χ0) is 21.7. The number of rotatable bonds is 4. The highest BCUT2D eigenvalue weighted by Crippen LogP contribution is 2.44. The fourth-order valence-electron chi connectivity index (χ4n) is 3.41. The van der Waals surface area contributed by atoms with E-state index in [1.165, 1.54) is 34.6 Å². The van der Waals surface area contributed by atoms with Crippen LogP contribution in [0.5, 0.6) is 0 Å². The van der Waals surface area contributed by atoms with E-state index in [9.17, 15) is 19.1 Å². The molecule has 1 aliphatic heterocycles. The molecular formula is C21H11ClFN3O3S2. The number of ketones is 1. The minimum absolute atomic E-state index is 0.0744. The van der Waals surface area contributed by atoms with Gasteiger partial charge < -0.3 is 5.11 Å². The lowest BCUT2D eigenvalue weighted by Gasteiger charge is -2.23. The summed E-state index contributed by atoms with van der Waals surface area (Å²) in [4.78, 5) is 36.6. The van der Waals surface area contributed by atoms with Gasteiger partial charge in [0.1, 0.15) is 11.9 Å². The first-order chi connectivity index (χ1) is 15.0. The highest BCUT2D eigenvalue weighted by molar-refractivity contribution is 7.22. The Bertz CT molecular complexity index is 1330. The van der Waals surface area contributed by atoms with Crippen LogP contribution in [0.15, 0.2) is 65.4 Å². The molecule has 1 N–H and O–H groups in total. The summed E-state index contributed by atoms with van der Waals surface area (Å²) >= 11 is 8.12. The molecule has 5 rings (SSSR count). The first-order valence-electron chi connectivity index (χ1n) is 8.97. The number of thiophene rings is 1. The number of Topliss-reactive ketones (excluding diaryl/α,β-unsaturated/α-hetero) is 1. The number of hydrogen-bond acceptors (Lipinski definition) is 7. The summed E-state index contributed by atoms with van der Waals surface area (Å²) in [5.74, 6) is -2.50. The van der Waals surface area contributed by atoms with Crippen molar-refractivity contribution in [3.05, 3.63) is 86.8 Å². The van der Waals surface area contributed by atoms with Crippen LogP contribution in [0.1, 0.15) is 21.4 Å². The summed E-state index contributed by atoms with van der Waals surface area (Å²) in [7, 11) is 0. The molecule has 1 amide bonds. The average Bonchev–Trinajstić information content (AvgIpc) is 3.48. The number of amides is 1. The Hall–Kier alpha value is -3.14. The average molecular weight is 472 g/mol. The molecule has 154 valence electrons. The summed E-state index contributed by atoms with van der Waals surface area (Å²) in [5.41, 5.74) is 0.717. The van der Waals surface area contributed by atoms with Crippen molar-refractivity contribution in [3.8, 4) is 0 Å². The predicted molar refractivity (Wildman–Crippen MR) is 117 cm³/mol. The summed E-state index contributed by atoms with van der Waals surface area (Å²) in [6.45, 7) is 0. The molecule has 0 saturated carbocycles. The van der Waals surface area contributed by atoms with Crippen LogP contribution in [0.25, 0.3) is 10.2 Å². The van der Waals surface area contributed by atoms with E-state index in [4.69, 9.17) is 11.6 Å². The van der Waals surface area contributed by atoms with E-state index in [0.29, 0.717) is 20.8 Å². The molecule has 6 nitrogen and oxygen atoms in total. The number of anilines is 1. The second-order valence-electron chi connectivity index (χ2n) is 6.63. The van der Waals surface area contributed by atoms with Crippen LogP contribution in [0.3, 0.4) is 0 Å². The molecule has 0 radical (unpaired) electrons. The van der Waals surface area contributed by atoms with Gasteiger partial charge in [0, 0.05) is 6.20 Å². The second-order valence-corrected chi connectivity index (χ2v) is 9.00. The minimum atomic E-state index is -0.982. The van der Waals surface area contributed by atoms with Gasteiger partial charge in [-0.3, -0.25) is 19.5 Å². The number of aliphatic hydroxyl groups is 1. The molecule has 4 heterocycles. The van der Waals surface area contributed by atoms with E-state index in [-0.39, 0.29) is 15.7 Å². The molecule has 0 spiro atoms. The lowest BCUT2D eigenvalue weighted by atomic mass is 9.99. The highest BCUT2D eigenvalue weighted by Gasteiger charge is 2.46. The van der Waals surface area contributed by atoms with Gasteiger partial charge in [-0.1, -0.05) is 35.1 Å². The second kappa shape index (κ2) is 7.52. The maximum Gasteiger partial charge on any atom is 0.296 e. The Morgan fingerprint density at radius 3 is 2.77 bits per heavy atom. The van der Waals surface area contributed by atoms with Crippen LogP contribution in [-0.2, 0) is 4.79 Å².